The average molecular weight is 244 g/mol. The van der Waals surface area contributed by atoms with E-state index in [2.05, 4.69) is 11.6 Å². The third kappa shape index (κ3) is 1.96. The predicted molar refractivity (Wildman–Crippen MR) is 67.6 cm³/mol. The van der Waals surface area contributed by atoms with Crippen LogP contribution in [0.2, 0.25) is 0 Å². The number of amides is 2. The van der Waals surface area contributed by atoms with Gasteiger partial charge in [-0.05, 0) is 6.07 Å². The van der Waals surface area contributed by atoms with Crippen LogP contribution < -0.4 is 4.90 Å². The van der Waals surface area contributed by atoms with Crippen LogP contribution in [0.15, 0.2) is 41.9 Å². The monoisotopic (exact) mass is 244 g/mol. The average Bonchev–Trinajstić information content (AvgIpc) is 2.65. The molecule has 0 bridgehead atoms. The highest BCUT2D eigenvalue weighted by atomic mass is 16.3. The van der Waals surface area contributed by atoms with Crippen molar-refractivity contribution in [2.24, 2.45) is 4.99 Å². The van der Waals surface area contributed by atoms with Crippen LogP contribution in [-0.4, -0.2) is 35.8 Å². The molecule has 0 atom stereocenters. The summed E-state index contributed by atoms with van der Waals surface area (Å²) in [6.45, 7) is 3.23. The lowest BCUT2D eigenvalue weighted by atomic mass is 10.1. The third-order valence-corrected chi connectivity index (χ3v) is 2.58. The second-order valence-electron chi connectivity index (χ2n) is 3.73. The number of aliphatic hydroxyl groups is 1. The standard InChI is InChI=1S/C13H12N2O3/c1-2-7-15-10-6-4-3-5-9(10)12(13(15)18)14-11(17)8-16/h2-6,16H,1,7-8H2/b14-12+. The van der Waals surface area contributed by atoms with Gasteiger partial charge in [0.2, 0.25) is 0 Å². The van der Waals surface area contributed by atoms with Crippen molar-refractivity contribution >= 4 is 23.2 Å². The van der Waals surface area contributed by atoms with Crippen LogP contribution in [0.3, 0.4) is 0 Å². The van der Waals surface area contributed by atoms with Gasteiger partial charge in [-0.15, -0.1) is 6.58 Å². The molecule has 2 amide bonds. The van der Waals surface area contributed by atoms with E-state index in [0.717, 1.165) is 0 Å². The molecule has 92 valence electrons. The van der Waals surface area contributed by atoms with Crippen LogP contribution in [0.5, 0.6) is 0 Å². The third-order valence-electron chi connectivity index (χ3n) is 2.58. The van der Waals surface area contributed by atoms with E-state index in [1.165, 1.54) is 4.90 Å². The van der Waals surface area contributed by atoms with Gasteiger partial charge in [0.05, 0.1) is 5.69 Å². The summed E-state index contributed by atoms with van der Waals surface area (Å²) in [6, 6.07) is 7.07. The maximum Gasteiger partial charge on any atom is 0.278 e. The number of benzene rings is 1. The molecule has 2 rings (SSSR count). The van der Waals surface area contributed by atoms with Crippen molar-refractivity contribution in [1.82, 2.24) is 0 Å². The molecule has 0 unspecified atom stereocenters. The zero-order chi connectivity index (χ0) is 13.1. The van der Waals surface area contributed by atoms with Gasteiger partial charge >= 0.3 is 0 Å². The van der Waals surface area contributed by atoms with E-state index in [1.807, 2.05) is 0 Å². The highest BCUT2D eigenvalue weighted by Crippen LogP contribution is 2.28. The first-order valence-electron chi connectivity index (χ1n) is 5.43. The minimum atomic E-state index is -0.728. The van der Waals surface area contributed by atoms with Crippen molar-refractivity contribution in [1.29, 1.82) is 0 Å². The van der Waals surface area contributed by atoms with Gasteiger partial charge in [-0.1, -0.05) is 24.3 Å². The van der Waals surface area contributed by atoms with Gasteiger partial charge < -0.3 is 10.0 Å². The summed E-state index contributed by atoms with van der Waals surface area (Å²) < 4.78 is 0. The first-order chi connectivity index (χ1) is 8.69. The van der Waals surface area contributed by atoms with E-state index < -0.39 is 12.5 Å². The number of rotatable bonds is 3. The van der Waals surface area contributed by atoms with Crippen LogP contribution in [-0.2, 0) is 9.59 Å². The molecule has 5 nitrogen and oxygen atoms in total. The molecule has 0 radical (unpaired) electrons. The fourth-order valence-corrected chi connectivity index (χ4v) is 1.84. The molecule has 1 aliphatic rings. The maximum absolute atomic E-state index is 12.1. The van der Waals surface area contributed by atoms with Crippen LogP contribution >= 0.6 is 0 Å². The Bertz CT molecular complexity index is 549. The van der Waals surface area contributed by atoms with E-state index in [1.54, 1.807) is 30.3 Å². The normalized spacial score (nSPS) is 15.9. The van der Waals surface area contributed by atoms with Crippen molar-refractivity contribution < 1.29 is 14.7 Å². The zero-order valence-electron chi connectivity index (χ0n) is 9.67. The summed E-state index contributed by atoms with van der Waals surface area (Å²) in [5.41, 5.74) is 1.38. The Balaban J connectivity index is 2.51. The van der Waals surface area contributed by atoms with Crippen molar-refractivity contribution in [2.75, 3.05) is 18.1 Å². The number of hydrogen-bond donors (Lipinski definition) is 1. The Hall–Kier alpha value is -2.27. The summed E-state index contributed by atoms with van der Waals surface area (Å²) in [4.78, 5) is 28.4. The fraction of sp³-hybridized carbons (Fsp3) is 0.154. The molecule has 0 aromatic heterocycles. The summed E-state index contributed by atoms with van der Waals surface area (Å²) in [6.07, 6.45) is 1.60. The summed E-state index contributed by atoms with van der Waals surface area (Å²) in [5.74, 6) is -1.08. The Morgan fingerprint density at radius 3 is 2.83 bits per heavy atom. The van der Waals surface area contributed by atoms with E-state index >= 15 is 0 Å². The Labute approximate surface area is 104 Å². The molecular weight excluding hydrogens is 232 g/mol. The lowest BCUT2D eigenvalue weighted by Crippen LogP contribution is -2.30. The number of aliphatic imine (C=N–C) groups is 1. The minimum Gasteiger partial charge on any atom is -0.386 e. The van der Waals surface area contributed by atoms with Gasteiger partial charge in [0.1, 0.15) is 12.3 Å². The van der Waals surface area contributed by atoms with Crippen molar-refractivity contribution in [3.8, 4) is 0 Å². The number of hydrogen-bond acceptors (Lipinski definition) is 3. The molecule has 0 spiro atoms. The van der Waals surface area contributed by atoms with E-state index in [0.29, 0.717) is 17.8 Å². The van der Waals surface area contributed by atoms with Gasteiger partial charge in [0.25, 0.3) is 11.8 Å². The van der Waals surface area contributed by atoms with E-state index in [4.69, 9.17) is 5.11 Å². The maximum atomic E-state index is 12.1. The zero-order valence-corrected chi connectivity index (χ0v) is 9.67. The van der Waals surface area contributed by atoms with Crippen LogP contribution in [0.1, 0.15) is 5.56 Å². The fourth-order valence-electron chi connectivity index (χ4n) is 1.84. The predicted octanol–water partition coefficient (Wildman–Crippen LogP) is 0.527. The molecule has 0 aliphatic carbocycles. The largest absolute Gasteiger partial charge is 0.386 e. The van der Waals surface area contributed by atoms with E-state index in [-0.39, 0.29) is 11.6 Å². The number of carbonyl (C=O) groups is 2. The number of carbonyl (C=O) groups excluding carboxylic acids is 2. The number of para-hydroxylation sites is 1. The van der Waals surface area contributed by atoms with Crippen molar-refractivity contribution in [3.05, 3.63) is 42.5 Å². The Morgan fingerprint density at radius 1 is 1.44 bits per heavy atom. The van der Waals surface area contributed by atoms with Gasteiger partial charge in [-0.3, -0.25) is 9.59 Å². The summed E-state index contributed by atoms with van der Waals surface area (Å²) >= 11 is 0. The molecule has 0 fully saturated rings. The molecular formula is C13H12N2O3. The lowest BCUT2D eigenvalue weighted by Gasteiger charge is -2.13. The molecule has 1 aromatic rings. The Kier molecular flexibility index (Phi) is 3.34. The van der Waals surface area contributed by atoms with Crippen molar-refractivity contribution in [3.63, 3.8) is 0 Å². The molecule has 0 saturated carbocycles. The van der Waals surface area contributed by atoms with Crippen LogP contribution in [0.25, 0.3) is 0 Å². The van der Waals surface area contributed by atoms with Gasteiger partial charge in [-0.2, -0.15) is 0 Å². The van der Waals surface area contributed by atoms with Gasteiger partial charge in [-0.25, -0.2) is 4.99 Å². The summed E-state index contributed by atoms with van der Waals surface area (Å²) in [7, 11) is 0. The molecule has 1 aliphatic heterocycles. The molecule has 5 heteroatoms. The molecule has 18 heavy (non-hydrogen) atoms. The van der Waals surface area contributed by atoms with Crippen molar-refractivity contribution in [2.45, 2.75) is 0 Å². The number of nitrogens with zero attached hydrogens (tertiary/aromatic N) is 2. The van der Waals surface area contributed by atoms with Crippen LogP contribution in [0.4, 0.5) is 5.69 Å². The second-order valence-corrected chi connectivity index (χ2v) is 3.73. The van der Waals surface area contributed by atoms with Crippen LogP contribution in [0, 0.1) is 0 Å². The highest BCUT2D eigenvalue weighted by molar-refractivity contribution is 6.55. The molecule has 1 N–H and O–H groups in total. The second kappa shape index (κ2) is 4.93. The number of fused-ring (bicyclic) bond motifs is 1. The quantitative estimate of drug-likeness (QED) is 0.788. The van der Waals surface area contributed by atoms with Gasteiger partial charge in [0.15, 0.2) is 0 Å². The van der Waals surface area contributed by atoms with Gasteiger partial charge in [0, 0.05) is 12.1 Å². The van der Waals surface area contributed by atoms with E-state index in [9.17, 15) is 9.59 Å². The number of aliphatic hydroxyl groups excluding tert-OH is 1. The minimum absolute atomic E-state index is 0.0755. The lowest BCUT2D eigenvalue weighted by molar-refractivity contribution is -0.120. The first kappa shape index (κ1) is 12.2. The molecule has 0 saturated heterocycles. The first-order valence-corrected chi connectivity index (χ1v) is 5.43. The molecule has 1 heterocycles. The molecule has 1 aromatic carbocycles. The topological polar surface area (TPSA) is 70.0 Å². The SMILES string of the molecule is C=CCN1C(=O)/C(=N/C(=O)CO)c2ccccc21. The number of anilines is 1. The Morgan fingerprint density at radius 2 is 2.17 bits per heavy atom. The highest BCUT2D eigenvalue weighted by Gasteiger charge is 2.33. The summed E-state index contributed by atoms with van der Waals surface area (Å²) in [5, 5.41) is 8.70. The smallest absolute Gasteiger partial charge is 0.278 e.